The van der Waals surface area contributed by atoms with E-state index in [2.05, 4.69) is 5.10 Å². The number of nitrogens with zero attached hydrogens (tertiary/aromatic N) is 2. The first kappa shape index (κ1) is 11.7. The average molecular weight is 251 g/mol. The fraction of sp³-hybridized carbons (Fsp3) is 0.167. The third kappa shape index (κ3) is 2.31. The molecule has 0 aliphatic heterocycles. The Bertz CT molecular complexity index is 563. The zero-order valence-electron chi connectivity index (χ0n) is 9.22. The first-order valence-corrected chi connectivity index (χ1v) is 5.55. The van der Waals surface area contributed by atoms with Crippen LogP contribution in [-0.2, 0) is 6.54 Å². The Morgan fingerprint density at radius 2 is 2.29 bits per heavy atom. The minimum absolute atomic E-state index is 0.227. The van der Waals surface area contributed by atoms with Crippen molar-refractivity contribution >= 4 is 17.6 Å². The molecule has 0 bridgehead atoms. The van der Waals surface area contributed by atoms with Crippen molar-refractivity contribution < 1.29 is 9.90 Å². The second-order valence-corrected chi connectivity index (χ2v) is 4.02. The number of carboxylic acids is 1. The number of aryl methyl sites for hydroxylation is 1. The van der Waals surface area contributed by atoms with Gasteiger partial charge in [0, 0.05) is 28.9 Å². The van der Waals surface area contributed by atoms with Crippen molar-refractivity contribution in [3.63, 3.8) is 0 Å². The molecule has 2 rings (SSSR count). The number of hydrogen-bond donors (Lipinski definition) is 1. The molecule has 0 spiro atoms. The van der Waals surface area contributed by atoms with Crippen LogP contribution in [0, 0.1) is 0 Å². The predicted octanol–water partition coefficient (Wildman–Crippen LogP) is 2.92. The molecule has 0 aliphatic rings. The Labute approximate surface area is 103 Å². The number of benzene rings is 1. The summed E-state index contributed by atoms with van der Waals surface area (Å²) in [5, 5.41) is 13.7. The number of rotatable bonds is 3. The largest absolute Gasteiger partial charge is 0.478 e. The molecule has 0 saturated carbocycles. The van der Waals surface area contributed by atoms with Crippen molar-refractivity contribution in [1.82, 2.24) is 9.78 Å². The molecule has 5 heteroatoms. The fourth-order valence-electron chi connectivity index (χ4n) is 1.62. The van der Waals surface area contributed by atoms with Crippen LogP contribution in [0.25, 0.3) is 11.1 Å². The van der Waals surface area contributed by atoms with Gasteiger partial charge in [-0.25, -0.2) is 4.79 Å². The predicted molar refractivity (Wildman–Crippen MR) is 65.3 cm³/mol. The van der Waals surface area contributed by atoms with Crippen LogP contribution in [0.3, 0.4) is 0 Å². The Morgan fingerprint density at radius 3 is 2.88 bits per heavy atom. The van der Waals surface area contributed by atoms with Gasteiger partial charge in [0.25, 0.3) is 0 Å². The van der Waals surface area contributed by atoms with Crippen molar-refractivity contribution in [2.75, 3.05) is 0 Å². The zero-order chi connectivity index (χ0) is 12.4. The van der Waals surface area contributed by atoms with Crippen LogP contribution >= 0.6 is 11.6 Å². The van der Waals surface area contributed by atoms with E-state index in [1.165, 1.54) is 6.07 Å². The van der Waals surface area contributed by atoms with Gasteiger partial charge in [0.2, 0.25) is 0 Å². The van der Waals surface area contributed by atoms with Gasteiger partial charge in [-0.05, 0) is 25.1 Å². The van der Waals surface area contributed by atoms with E-state index in [9.17, 15) is 4.79 Å². The molecule has 4 nitrogen and oxygen atoms in total. The van der Waals surface area contributed by atoms with Gasteiger partial charge in [0.05, 0.1) is 11.8 Å². The maximum absolute atomic E-state index is 11.1. The standard InChI is InChI=1S/C12H11ClN2O2/c1-2-15-7-8(6-14-15)11-5-9(13)3-4-10(11)12(16)17/h3-7H,2H2,1H3,(H,16,17). The molecule has 0 radical (unpaired) electrons. The van der Waals surface area contributed by atoms with Gasteiger partial charge < -0.3 is 5.11 Å². The maximum atomic E-state index is 11.1. The van der Waals surface area contributed by atoms with Crippen LogP contribution in [0.1, 0.15) is 17.3 Å². The van der Waals surface area contributed by atoms with Crippen LogP contribution in [0.2, 0.25) is 5.02 Å². The topological polar surface area (TPSA) is 55.1 Å². The molecular weight excluding hydrogens is 240 g/mol. The molecule has 1 aromatic carbocycles. The lowest BCUT2D eigenvalue weighted by atomic mass is 10.0. The lowest BCUT2D eigenvalue weighted by Gasteiger charge is -2.04. The van der Waals surface area contributed by atoms with Gasteiger partial charge in [-0.15, -0.1) is 0 Å². The minimum atomic E-state index is -0.971. The summed E-state index contributed by atoms with van der Waals surface area (Å²) in [6.07, 6.45) is 3.44. The van der Waals surface area contributed by atoms with Gasteiger partial charge in [-0.3, -0.25) is 4.68 Å². The van der Waals surface area contributed by atoms with E-state index in [0.29, 0.717) is 10.6 Å². The Hall–Kier alpha value is -1.81. The van der Waals surface area contributed by atoms with Crippen molar-refractivity contribution in [2.45, 2.75) is 13.5 Å². The zero-order valence-corrected chi connectivity index (χ0v) is 9.98. The van der Waals surface area contributed by atoms with E-state index >= 15 is 0 Å². The SMILES string of the molecule is CCn1cc(-c2cc(Cl)ccc2C(=O)O)cn1. The van der Waals surface area contributed by atoms with Crippen molar-refractivity contribution in [3.05, 3.63) is 41.2 Å². The number of halogens is 1. The highest BCUT2D eigenvalue weighted by atomic mass is 35.5. The van der Waals surface area contributed by atoms with E-state index in [4.69, 9.17) is 16.7 Å². The Kier molecular flexibility index (Phi) is 3.15. The smallest absolute Gasteiger partial charge is 0.336 e. The third-order valence-electron chi connectivity index (χ3n) is 2.48. The van der Waals surface area contributed by atoms with Gasteiger partial charge in [-0.1, -0.05) is 11.6 Å². The number of aromatic nitrogens is 2. The summed E-state index contributed by atoms with van der Waals surface area (Å²) in [4.78, 5) is 11.1. The summed E-state index contributed by atoms with van der Waals surface area (Å²) >= 11 is 5.89. The first-order chi connectivity index (χ1) is 8.11. The molecule has 2 aromatic rings. The summed E-state index contributed by atoms with van der Waals surface area (Å²) in [5.74, 6) is -0.971. The first-order valence-electron chi connectivity index (χ1n) is 5.17. The summed E-state index contributed by atoms with van der Waals surface area (Å²) < 4.78 is 1.74. The third-order valence-corrected chi connectivity index (χ3v) is 2.72. The number of carboxylic acid groups (broad SMARTS) is 1. The molecule has 0 atom stereocenters. The molecule has 1 heterocycles. The van der Waals surface area contributed by atoms with Crippen molar-refractivity contribution in [3.8, 4) is 11.1 Å². The van der Waals surface area contributed by atoms with Crippen LogP contribution in [0.4, 0.5) is 0 Å². The molecule has 17 heavy (non-hydrogen) atoms. The Balaban J connectivity index is 2.56. The van der Waals surface area contributed by atoms with Crippen LogP contribution in [-0.4, -0.2) is 20.9 Å². The Morgan fingerprint density at radius 1 is 1.53 bits per heavy atom. The van der Waals surface area contributed by atoms with E-state index in [0.717, 1.165) is 12.1 Å². The van der Waals surface area contributed by atoms with Crippen LogP contribution in [0.5, 0.6) is 0 Å². The van der Waals surface area contributed by atoms with Gasteiger partial charge in [-0.2, -0.15) is 5.10 Å². The lowest BCUT2D eigenvalue weighted by molar-refractivity contribution is 0.0698. The second-order valence-electron chi connectivity index (χ2n) is 3.58. The highest BCUT2D eigenvalue weighted by Gasteiger charge is 2.13. The molecule has 0 amide bonds. The lowest BCUT2D eigenvalue weighted by Crippen LogP contribution is -1.99. The maximum Gasteiger partial charge on any atom is 0.336 e. The number of carbonyl (C=O) groups is 1. The van der Waals surface area contributed by atoms with Gasteiger partial charge in [0.1, 0.15) is 0 Å². The fourth-order valence-corrected chi connectivity index (χ4v) is 1.79. The molecule has 0 fully saturated rings. The summed E-state index contributed by atoms with van der Waals surface area (Å²) in [7, 11) is 0. The minimum Gasteiger partial charge on any atom is -0.478 e. The molecule has 1 N–H and O–H groups in total. The van der Waals surface area contributed by atoms with Crippen molar-refractivity contribution in [2.24, 2.45) is 0 Å². The van der Waals surface area contributed by atoms with Crippen LogP contribution in [0.15, 0.2) is 30.6 Å². The van der Waals surface area contributed by atoms with E-state index in [-0.39, 0.29) is 5.56 Å². The van der Waals surface area contributed by atoms with Crippen LogP contribution < -0.4 is 0 Å². The summed E-state index contributed by atoms with van der Waals surface area (Å²) in [6.45, 7) is 2.70. The monoisotopic (exact) mass is 250 g/mol. The molecule has 0 unspecified atom stereocenters. The van der Waals surface area contributed by atoms with Gasteiger partial charge in [0.15, 0.2) is 0 Å². The van der Waals surface area contributed by atoms with E-state index < -0.39 is 5.97 Å². The summed E-state index contributed by atoms with van der Waals surface area (Å²) in [6, 6.07) is 4.71. The second kappa shape index (κ2) is 4.59. The van der Waals surface area contributed by atoms with E-state index in [1.807, 2.05) is 6.92 Å². The van der Waals surface area contributed by atoms with Crippen molar-refractivity contribution in [1.29, 1.82) is 0 Å². The normalized spacial score (nSPS) is 10.5. The molecular formula is C12H11ClN2O2. The molecule has 88 valence electrons. The molecule has 0 saturated heterocycles. The highest BCUT2D eigenvalue weighted by molar-refractivity contribution is 6.31. The average Bonchev–Trinajstić information content (AvgIpc) is 2.76. The highest BCUT2D eigenvalue weighted by Crippen LogP contribution is 2.26. The number of hydrogen-bond acceptors (Lipinski definition) is 2. The summed E-state index contributed by atoms with van der Waals surface area (Å²) in [5.41, 5.74) is 1.57. The molecule has 1 aromatic heterocycles. The van der Waals surface area contributed by atoms with Gasteiger partial charge >= 0.3 is 5.97 Å². The number of aromatic carboxylic acids is 1. The van der Waals surface area contributed by atoms with E-state index in [1.54, 1.807) is 29.2 Å². The molecule has 0 aliphatic carbocycles. The quantitative estimate of drug-likeness (QED) is 0.911.